The lowest BCUT2D eigenvalue weighted by molar-refractivity contribution is 0.0609. The number of hydrazone groups is 1. The van der Waals surface area contributed by atoms with Crippen molar-refractivity contribution in [1.82, 2.24) is 30.9 Å². The summed E-state index contributed by atoms with van der Waals surface area (Å²) in [4.78, 5) is 19.1. The second kappa shape index (κ2) is 7.70. The van der Waals surface area contributed by atoms with Crippen LogP contribution >= 0.6 is 0 Å². The van der Waals surface area contributed by atoms with Gasteiger partial charge in [0.15, 0.2) is 11.6 Å². The maximum Gasteiger partial charge on any atom is 0.253 e. The van der Waals surface area contributed by atoms with Crippen LogP contribution in [-0.2, 0) is 0 Å². The Bertz CT molecular complexity index is 959. The van der Waals surface area contributed by atoms with E-state index < -0.39 is 5.82 Å². The van der Waals surface area contributed by atoms with Gasteiger partial charge in [-0.25, -0.2) is 9.93 Å². The van der Waals surface area contributed by atoms with Gasteiger partial charge >= 0.3 is 0 Å². The maximum absolute atomic E-state index is 14.0. The van der Waals surface area contributed by atoms with Gasteiger partial charge in [-0.2, -0.15) is 0 Å². The standard InChI is InChI=1S/C19H24FN7O2/c1-25-19(23-24-26(25)2)27-6-4-14(5-7-27)22-18(28)13-8-12-9-15(20)17(29-3)10-16(12)21-11-13/h8-11,14,24H,4-7H2,1-3H3,(H,22,28). The number of nitrogens with zero attached hydrogens (tertiary/aromatic N) is 5. The molecule has 10 heteroatoms. The Morgan fingerprint density at radius 3 is 2.69 bits per heavy atom. The topological polar surface area (TPSA) is 85.3 Å². The molecule has 29 heavy (non-hydrogen) atoms. The summed E-state index contributed by atoms with van der Waals surface area (Å²) in [6.45, 7) is 1.59. The zero-order valence-corrected chi connectivity index (χ0v) is 16.6. The summed E-state index contributed by atoms with van der Waals surface area (Å²) in [5.41, 5.74) is 3.89. The summed E-state index contributed by atoms with van der Waals surface area (Å²) in [6, 6.07) is 4.58. The van der Waals surface area contributed by atoms with Gasteiger partial charge in [0.05, 0.1) is 18.2 Å². The lowest BCUT2D eigenvalue weighted by atomic mass is 10.0. The van der Waals surface area contributed by atoms with Crippen molar-refractivity contribution in [3.63, 3.8) is 0 Å². The minimum absolute atomic E-state index is 0.0695. The first-order chi connectivity index (χ1) is 14.0. The molecule has 1 fully saturated rings. The number of hydrazine groups is 2. The summed E-state index contributed by atoms with van der Waals surface area (Å²) < 4.78 is 18.9. The maximum atomic E-state index is 14.0. The number of carbonyl (C=O) groups excluding carboxylic acids is 1. The molecule has 0 unspecified atom stereocenters. The lowest BCUT2D eigenvalue weighted by Gasteiger charge is -2.35. The van der Waals surface area contributed by atoms with Crippen molar-refractivity contribution in [2.45, 2.75) is 18.9 Å². The van der Waals surface area contributed by atoms with Gasteiger partial charge in [0, 0.05) is 50.9 Å². The number of rotatable bonds is 3. The Morgan fingerprint density at radius 1 is 1.28 bits per heavy atom. The van der Waals surface area contributed by atoms with Crippen LogP contribution < -0.4 is 15.6 Å². The molecule has 0 bridgehead atoms. The molecule has 0 saturated carbocycles. The average Bonchev–Trinajstić information content (AvgIpc) is 3.06. The number of aromatic nitrogens is 1. The molecule has 2 aliphatic rings. The molecule has 2 aromatic rings. The van der Waals surface area contributed by atoms with Gasteiger partial charge < -0.3 is 15.0 Å². The fraction of sp³-hybridized carbons (Fsp3) is 0.421. The summed E-state index contributed by atoms with van der Waals surface area (Å²) in [7, 11) is 5.24. The van der Waals surface area contributed by atoms with Crippen molar-refractivity contribution < 1.29 is 13.9 Å². The zero-order valence-electron chi connectivity index (χ0n) is 16.6. The summed E-state index contributed by atoms with van der Waals surface area (Å²) in [5, 5.41) is 11.7. The number of pyridine rings is 1. The van der Waals surface area contributed by atoms with Crippen molar-refractivity contribution in [3.8, 4) is 5.75 Å². The van der Waals surface area contributed by atoms with Crippen LogP contribution in [0.1, 0.15) is 23.2 Å². The fourth-order valence-corrected chi connectivity index (χ4v) is 3.57. The minimum atomic E-state index is -0.480. The van der Waals surface area contributed by atoms with Gasteiger partial charge in [-0.1, -0.05) is 0 Å². The van der Waals surface area contributed by atoms with Gasteiger partial charge in [-0.3, -0.25) is 14.8 Å². The van der Waals surface area contributed by atoms with Gasteiger partial charge in [0.25, 0.3) is 5.91 Å². The van der Waals surface area contributed by atoms with E-state index in [2.05, 4.69) is 25.8 Å². The average molecular weight is 401 g/mol. The van der Waals surface area contributed by atoms with E-state index in [0.717, 1.165) is 31.9 Å². The third kappa shape index (κ3) is 3.75. The van der Waals surface area contributed by atoms with E-state index in [-0.39, 0.29) is 17.7 Å². The molecule has 1 aromatic carbocycles. The number of hydrogen-bond donors (Lipinski definition) is 2. The number of guanidine groups is 1. The molecular formula is C19H24FN7O2. The first-order valence-electron chi connectivity index (χ1n) is 9.46. The lowest BCUT2D eigenvalue weighted by Crippen LogP contribution is -2.51. The van der Waals surface area contributed by atoms with Crippen molar-refractivity contribution in [2.24, 2.45) is 5.10 Å². The van der Waals surface area contributed by atoms with Gasteiger partial charge in [0.2, 0.25) is 5.96 Å². The predicted molar refractivity (Wildman–Crippen MR) is 106 cm³/mol. The molecule has 0 aliphatic carbocycles. The van der Waals surface area contributed by atoms with Crippen molar-refractivity contribution >= 4 is 22.8 Å². The monoisotopic (exact) mass is 401 g/mol. The normalized spacial score (nSPS) is 18.0. The number of piperidine rings is 1. The zero-order chi connectivity index (χ0) is 20.5. The molecule has 9 nitrogen and oxygen atoms in total. The van der Waals surface area contributed by atoms with Crippen LogP contribution in [0.2, 0.25) is 0 Å². The van der Waals surface area contributed by atoms with Crippen molar-refractivity contribution in [2.75, 3.05) is 34.3 Å². The first kappa shape index (κ1) is 19.2. The molecule has 2 N–H and O–H groups in total. The highest BCUT2D eigenvalue weighted by Crippen LogP contribution is 2.24. The number of carbonyl (C=O) groups is 1. The molecule has 1 amide bonds. The second-order valence-electron chi connectivity index (χ2n) is 7.20. The summed E-state index contributed by atoms with van der Waals surface area (Å²) in [6.07, 6.45) is 3.14. The van der Waals surface area contributed by atoms with Crippen molar-refractivity contribution in [3.05, 3.63) is 35.8 Å². The molecule has 0 radical (unpaired) electrons. The molecule has 0 atom stereocenters. The van der Waals surface area contributed by atoms with Crippen LogP contribution in [0.4, 0.5) is 4.39 Å². The third-order valence-corrected chi connectivity index (χ3v) is 5.36. The summed E-state index contributed by atoms with van der Waals surface area (Å²) in [5.74, 6) is 0.318. The highest BCUT2D eigenvalue weighted by atomic mass is 19.1. The van der Waals surface area contributed by atoms with E-state index in [9.17, 15) is 9.18 Å². The second-order valence-corrected chi connectivity index (χ2v) is 7.20. The molecule has 1 aromatic heterocycles. The molecule has 1 saturated heterocycles. The molecule has 3 heterocycles. The van der Waals surface area contributed by atoms with Gasteiger partial charge in [0.1, 0.15) is 0 Å². The molecule has 4 rings (SSSR count). The fourth-order valence-electron chi connectivity index (χ4n) is 3.57. The first-order valence-corrected chi connectivity index (χ1v) is 9.46. The van der Waals surface area contributed by atoms with Crippen molar-refractivity contribution in [1.29, 1.82) is 0 Å². The van der Waals surface area contributed by atoms with Crippen LogP contribution in [0.5, 0.6) is 5.75 Å². The quantitative estimate of drug-likeness (QED) is 0.798. The number of benzene rings is 1. The third-order valence-electron chi connectivity index (χ3n) is 5.36. The highest BCUT2D eigenvalue weighted by Gasteiger charge is 2.28. The van der Waals surface area contributed by atoms with E-state index in [1.165, 1.54) is 25.4 Å². The molecular weight excluding hydrogens is 377 g/mol. The smallest absolute Gasteiger partial charge is 0.253 e. The number of nitrogens with one attached hydrogen (secondary N) is 2. The highest BCUT2D eigenvalue weighted by molar-refractivity contribution is 5.97. The molecule has 0 spiro atoms. The van der Waals surface area contributed by atoms with Crippen LogP contribution in [0.3, 0.4) is 0 Å². The van der Waals surface area contributed by atoms with Crippen LogP contribution in [-0.4, -0.2) is 72.2 Å². The minimum Gasteiger partial charge on any atom is -0.494 e. The van der Waals surface area contributed by atoms with E-state index in [1.807, 2.05) is 19.1 Å². The predicted octanol–water partition coefficient (Wildman–Crippen LogP) is 1.14. The Kier molecular flexibility index (Phi) is 5.10. The van der Waals surface area contributed by atoms with Crippen LogP contribution in [0, 0.1) is 5.82 Å². The number of methoxy groups -OCH3 is 1. The van der Waals surface area contributed by atoms with Gasteiger partial charge in [-0.05, 0) is 25.0 Å². The summed E-state index contributed by atoms with van der Waals surface area (Å²) >= 11 is 0. The Hall–Kier alpha value is -3.14. The van der Waals surface area contributed by atoms with Crippen LogP contribution in [0.25, 0.3) is 10.9 Å². The Balaban J connectivity index is 1.39. The Labute approximate surface area is 168 Å². The Morgan fingerprint density at radius 2 is 2.03 bits per heavy atom. The number of halogens is 1. The number of fused-ring (bicyclic) bond motifs is 1. The number of ether oxygens (including phenoxy) is 1. The SMILES string of the molecule is COc1cc2ncc(C(=O)NC3CCN(C4=NNN(C)N4C)CC3)cc2cc1F. The molecule has 2 aliphatic heterocycles. The van der Waals surface area contributed by atoms with E-state index >= 15 is 0 Å². The van der Waals surface area contributed by atoms with Gasteiger partial charge in [-0.15, -0.1) is 10.2 Å². The number of amides is 1. The van der Waals surface area contributed by atoms with E-state index in [1.54, 1.807) is 11.2 Å². The van der Waals surface area contributed by atoms with Crippen LogP contribution in [0.15, 0.2) is 29.5 Å². The van der Waals surface area contributed by atoms with E-state index in [0.29, 0.717) is 16.5 Å². The van der Waals surface area contributed by atoms with E-state index in [4.69, 9.17) is 4.74 Å². The number of likely N-dealkylation sites (tertiary alicyclic amines) is 1. The molecule has 154 valence electrons. The number of hydrogen-bond acceptors (Lipinski definition) is 8. The largest absolute Gasteiger partial charge is 0.494 e.